The Kier molecular flexibility index (Phi) is 6.40. The molecule has 0 amide bonds. The second kappa shape index (κ2) is 9.52. The van der Waals surface area contributed by atoms with E-state index in [0.717, 1.165) is 5.69 Å². The molecule has 1 saturated heterocycles. The number of hydrogen-bond donors (Lipinski definition) is 1. The normalized spacial score (nSPS) is 14.9. The van der Waals surface area contributed by atoms with Gasteiger partial charge in [0.2, 0.25) is 11.2 Å². The van der Waals surface area contributed by atoms with E-state index in [-0.39, 0.29) is 34.4 Å². The molecular formula is C27H22ClF3N2O3. The van der Waals surface area contributed by atoms with Crippen LogP contribution >= 0.6 is 11.6 Å². The number of fused-ring (bicyclic) bond motifs is 1. The lowest BCUT2D eigenvalue weighted by Gasteiger charge is -2.36. The maximum absolute atomic E-state index is 14.0. The monoisotopic (exact) mass is 514 g/mol. The molecule has 5 rings (SSSR count). The van der Waals surface area contributed by atoms with Gasteiger partial charge in [0.05, 0.1) is 16.5 Å². The van der Waals surface area contributed by atoms with Crippen molar-refractivity contribution >= 4 is 28.3 Å². The van der Waals surface area contributed by atoms with Crippen molar-refractivity contribution in [1.29, 1.82) is 0 Å². The van der Waals surface area contributed by atoms with Crippen molar-refractivity contribution < 1.29 is 22.7 Å². The van der Waals surface area contributed by atoms with Gasteiger partial charge in [0.1, 0.15) is 11.3 Å². The van der Waals surface area contributed by atoms with Crippen molar-refractivity contribution in [2.45, 2.75) is 12.7 Å². The number of phenols is 1. The quantitative estimate of drug-likeness (QED) is 0.353. The summed E-state index contributed by atoms with van der Waals surface area (Å²) in [5, 5.41) is 11.2. The Balaban J connectivity index is 1.51. The van der Waals surface area contributed by atoms with Gasteiger partial charge in [-0.15, -0.1) is 0 Å². The van der Waals surface area contributed by atoms with E-state index in [2.05, 4.69) is 4.90 Å². The van der Waals surface area contributed by atoms with Crippen LogP contribution in [0, 0.1) is 0 Å². The van der Waals surface area contributed by atoms with Crippen LogP contribution in [-0.4, -0.2) is 36.2 Å². The zero-order valence-electron chi connectivity index (χ0n) is 19.1. The van der Waals surface area contributed by atoms with E-state index in [0.29, 0.717) is 31.2 Å². The topological polar surface area (TPSA) is 56.9 Å². The van der Waals surface area contributed by atoms with Gasteiger partial charge in [-0.1, -0.05) is 48.0 Å². The molecule has 0 atom stereocenters. The van der Waals surface area contributed by atoms with Crippen LogP contribution in [0.2, 0.25) is 5.02 Å². The highest BCUT2D eigenvalue weighted by atomic mass is 35.5. The lowest BCUT2D eigenvalue weighted by molar-refractivity contribution is -0.152. The molecule has 1 aliphatic rings. The number of nitrogens with zero attached hydrogens (tertiary/aromatic N) is 2. The molecule has 0 spiro atoms. The van der Waals surface area contributed by atoms with Gasteiger partial charge in [-0.25, -0.2) is 0 Å². The summed E-state index contributed by atoms with van der Waals surface area (Å²) < 4.78 is 47.5. The van der Waals surface area contributed by atoms with Crippen molar-refractivity contribution in [2.75, 3.05) is 31.1 Å². The van der Waals surface area contributed by atoms with Crippen LogP contribution in [0.5, 0.6) is 5.75 Å². The van der Waals surface area contributed by atoms with Crippen LogP contribution in [0.15, 0.2) is 75.9 Å². The summed E-state index contributed by atoms with van der Waals surface area (Å²) >= 11 is 6.10. The molecule has 36 heavy (non-hydrogen) atoms. The van der Waals surface area contributed by atoms with Crippen molar-refractivity contribution in [3.05, 3.63) is 93.3 Å². The van der Waals surface area contributed by atoms with Crippen LogP contribution in [0.3, 0.4) is 0 Å². The van der Waals surface area contributed by atoms with Gasteiger partial charge in [0.25, 0.3) is 0 Å². The van der Waals surface area contributed by atoms with E-state index < -0.39 is 22.9 Å². The van der Waals surface area contributed by atoms with Gasteiger partial charge >= 0.3 is 6.18 Å². The van der Waals surface area contributed by atoms with Crippen LogP contribution < -0.4 is 10.3 Å². The maximum atomic E-state index is 14.0. The molecule has 186 valence electrons. The summed E-state index contributed by atoms with van der Waals surface area (Å²) in [6.45, 7) is 2.67. The minimum atomic E-state index is -4.90. The molecule has 1 aliphatic heterocycles. The van der Waals surface area contributed by atoms with Gasteiger partial charge in [-0.05, 0) is 35.9 Å². The van der Waals surface area contributed by atoms with Gasteiger partial charge < -0.3 is 14.4 Å². The number of benzene rings is 3. The fourth-order valence-electron chi connectivity index (χ4n) is 4.58. The minimum absolute atomic E-state index is 0.00721. The molecule has 1 fully saturated rings. The molecule has 1 N–H and O–H groups in total. The number of aromatic hydroxyl groups is 1. The predicted molar refractivity (Wildman–Crippen MR) is 134 cm³/mol. The van der Waals surface area contributed by atoms with Gasteiger partial charge in [-0.2, -0.15) is 13.2 Å². The number of alkyl halides is 3. The SMILES string of the molecule is O=c1c(-c2ccccc2)c(C(F)(F)F)oc2c(CN3CCN(c4cccc(Cl)c4)CC3)c(O)ccc12. The van der Waals surface area contributed by atoms with Crippen molar-refractivity contribution in [2.24, 2.45) is 0 Å². The Morgan fingerprint density at radius 3 is 2.33 bits per heavy atom. The third kappa shape index (κ3) is 4.66. The smallest absolute Gasteiger partial charge is 0.450 e. The summed E-state index contributed by atoms with van der Waals surface area (Å²) in [6, 6.07) is 17.8. The number of rotatable bonds is 4. The molecule has 9 heteroatoms. The van der Waals surface area contributed by atoms with Gasteiger partial charge in [0.15, 0.2) is 0 Å². The van der Waals surface area contributed by atoms with E-state index in [4.69, 9.17) is 16.0 Å². The molecule has 5 nitrogen and oxygen atoms in total. The maximum Gasteiger partial charge on any atom is 0.450 e. The van der Waals surface area contributed by atoms with Gasteiger partial charge in [-0.3, -0.25) is 9.69 Å². The molecule has 1 aromatic heterocycles. The van der Waals surface area contributed by atoms with Crippen LogP contribution in [0.1, 0.15) is 11.3 Å². The Hall–Kier alpha value is -3.49. The molecule has 2 heterocycles. The van der Waals surface area contributed by atoms with Crippen LogP contribution in [-0.2, 0) is 12.7 Å². The van der Waals surface area contributed by atoms with Crippen LogP contribution in [0.25, 0.3) is 22.1 Å². The Morgan fingerprint density at radius 1 is 0.944 bits per heavy atom. The first-order chi connectivity index (χ1) is 17.2. The third-order valence-corrected chi connectivity index (χ3v) is 6.62. The Bertz CT molecular complexity index is 1460. The largest absolute Gasteiger partial charge is 0.507 e. The van der Waals surface area contributed by atoms with E-state index in [1.54, 1.807) is 24.3 Å². The fourth-order valence-corrected chi connectivity index (χ4v) is 4.77. The zero-order chi connectivity index (χ0) is 25.4. The third-order valence-electron chi connectivity index (χ3n) is 6.39. The minimum Gasteiger partial charge on any atom is -0.507 e. The Morgan fingerprint density at radius 2 is 1.67 bits per heavy atom. The number of hydrogen-bond acceptors (Lipinski definition) is 5. The highest BCUT2D eigenvalue weighted by Crippen LogP contribution is 2.39. The van der Waals surface area contributed by atoms with Crippen molar-refractivity contribution in [1.82, 2.24) is 4.90 Å². The first kappa shape index (κ1) is 24.2. The van der Waals surface area contributed by atoms with Crippen LogP contribution in [0.4, 0.5) is 18.9 Å². The second-order valence-corrected chi connectivity index (χ2v) is 9.12. The van der Waals surface area contributed by atoms with Gasteiger partial charge in [0, 0.05) is 43.4 Å². The number of halogens is 4. The lowest BCUT2D eigenvalue weighted by Crippen LogP contribution is -2.46. The number of anilines is 1. The summed E-state index contributed by atoms with van der Waals surface area (Å²) in [6.07, 6.45) is -4.90. The summed E-state index contributed by atoms with van der Waals surface area (Å²) in [5.74, 6) is -1.59. The molecule has 0 bridgehead atoms. The first-order valence-corrected chi connectivity index (χ1v) is 11.8. The molecule has 0 unspecified atom stereocenters. The highest BCUT2D eigenvalue weighted by Gasteiger charge is 2.40. The van der Waals surface area contributed by atoms with E-state index in [1.165, 1.54) is 24.3 Å². The number of phenolic OH excluding ortho intramolecular Hbond substituents is 1. The van der Waals surface area contributed by atoms with E-state index in [9.17, 15) is 23.1 Å². The molecule has 4 aromatic rings. The lowest BCUT2D eigenvalue weighted by atomic mass is 10.00. The zero-order valence-corrected chi connectivity index (χ0v) is 19.8. The first-order valence-electron chi connectivity index (χ1n) is 11.4. The summed E-state index contributed by atoms with van der Waals surface area (Å²) in [7, 11) is 0. The second-order valence-electron chi connectivity index (χ2n) is 8.68. The standard InChI is InChI=1S/C27H22ClF3N2O3/c28-18-7-4-8-19(15-18)33-13-11-32(12-14-33)16-21-22(34)10-9-20-24(35)23(17-5-2-1-3-6-17)26(27(29,30)31)36-25(20)21/h1-10,15,34H,11-14,16H2. The fraction of sp³-hybridized carbons (Fsp3) is 0.222. The molecule has 0 radical (unpaired) electrons. The average molecular weight is 515 g/mol. The molecule has 3 aromatic carbocycles. The van der Waals surface area contributed by atoms with E-state index >= 15 is 0 Å². The van der Waals surface area contributed by atoms with E-state index in [1.807, 2.05) is 23.1 Å². The van der Waals surface area contributed by atoms with Crippen molar-refractivity contribution in [3.63, 3.8) is 0 Å². The molecule has 0 aliphatic carbocycles. The number of piperazine rings is 1. The molecule has 0 saturated carbocycles. The average Bonchev–Trinajstić information content (AvgIpc) is 2.86. The summed E-state index contributed by atoms with van der Waals surface area (Å²) in [5.41, 5.74) is -0.309. The predicted octanol–water partition coefficient (Wildman–Crippen LogP) is 6.16. The highest BCUT2D eigenvalue weighted by molar-refractivity contribution is 6.30. The van der Waals surface area contributed by atoms with Crippen molar-refractivity contribution in [3.8, 4) is 16.9 Å². The Labute approximate surface area is 209 Å². The molecular weight excluding hydrogens is 493 g/mol. The summed E-state index contributed by atoms with van der Waals surface area (Å²) in [4.78, 5) is 17.5.